The summed E-state index contributed by atoms with van der Waals surface area (Å²) in [5.41, 5.74) is 4.46. The zero-order valence-electron chi connectivity index (χ0n) is 14.5. The second kappa shape index (κ2) is 6.80. The molecule has 0 atom stereocenters. The molecule has 0 spiro atoms. The normalized spacial score (nSPS) is 11.2. The summed E-state index contributed by atoms with van der Waals surface area (Å²) >= 11 is 1.50. The van der Waals surface area contributed by atoms with Crippen LogP contribution in [0.25, 0.3) is 16.7 Å². The van der Waals surface area contributed by atoms with Crippen LogP contribution in [0.15, 0.2) is 69.2 Å². The predicted octanol–water partition coefficient (Wildman–Crippen LogP) is 4.28. The Morgan fingerprint density at radius 2 is 1.85 bits per heavy atom. The van der Waals surface area contributed by atoms with Crippen molar-refractivity contribution in [3.63, 3.8) is 0 Å². The minimum Gasteiger partial charge on any atom is -0.423 e. The van der Waals surface area contributed by atoms with E-state index in [2.05, 4.69) is 23.1 Å². The number of thioether (sulfide) groups is 1. The van der Waals surface area contributed by atoms with E-state index in [0.29, 0.717) is 16.5 Å². The molecule has 2 aromatic heterocycles. The zero-order valence-corrected chi connectivity index (χ0v) is 15.3. The first-order valence-corrected chi connectivity index (χ1v) is 9.22. The molecule has 0 amide bonds. The number of rotatable bonds is 4. The van der Waals surface area contributed by atoms with Crippen molar-refractivity contribution in [2.45, 2.75) is 24.8 Å². The highest BCUT2D eigenvalue weighted by atomic mass is 32.2. The van der Waals surface area contributed by atoms with Gasteiger partial charge < -0.3 is 4.42 Å². The largest absolute Gasteiger partial charge is 0.423 e. The molecule has 0 saturated heterocycles. The van der Waals surface area contributed by atoms with Crippen molar-refractivity contribution in [3.05, 3.63) is 82.0 Å². The van der Waals surface area contributed by atoms with Gasteiger partial charge in [0.25, 0.3) is 0 Å². The Hall–Kier alpha value is -2.86. The molecule has 0 aliphatic carbocycles. The summed E-state index contributed by atoms with van der Waals surface area (Å²) in [7, 11) is 0. The highest BCUT2D eigenvalue weighted by Crippen LogP contribution is 2.26. The zero-order chi connectivity index (χ0) is 18.1. The summed E-state index contributed by atoms with van der Waals surface area (Å²) < 4.78 is 7.10. The van der Waals surface area contributed by atoms with Gasteiger partial charge in [0.15, 0.2) is 0 Å². The topological polar surface area (TPSA) is 60.9 Å². The van der Waals surface area contributed by atoms with Crippen LogP contribution < -0.4 is 5.63 Å². The minimum atomic E-state index is -0.334. The maximum atomic E-state index is 11.9. The van der Waals surface area contributed by atoms with Crippen molar-refractivity contribution in [1.82, 2.24) is 14.8 Å². The lowest BCUT2D eigenvalue weighted by Crippen LogP contribution is -2.01. The maximum Gasteiger partial charge on any atom is 0.336 e. The second-order valence-electron chi connectivity index (χ2n) is 6.12. The number of aryl methyl sites for hydroxylation is 2. The lowest BCUT2D eigenvalue weighted by Gasteiger charge is -2.07. The number of hydrogen-bond donors (Lipinski definition) is 0. The van der Waals surface area contributed by atoms with Crippen LogP contribution in [0, 0.1) is 13.8 Å². The Bertz CT molecular complexity index is 1130. The van der Waals surface area contributed by atoms with Crippen LogP contribution in [0.2, 0.25) is 0 Å². The highest BCUT2D eigenvalue weighted by Gasteiger charge is 2.10. The first-order chi connectivity index (χ1) is 12.6. The van der Waals surface area contributed by atoms with Gasteiger partial charge in [0.1, 0.15) is 11.9 Å². The van der Waals surface area contributed by atoms with Gasteiger partial charge in [-0.2, -0.15) is 0 Å². The molecule has 2 aromatic carbocycles. The number of para-hydroxylation sites is 1. The van der Waals surface area contributed by atoms with Crippen LogP contribution in [-0.4, -0.2) is 14.8 Å². The van der Waals surface area contributed by atoms with E-state index in [1.807, 2.05) is 43.3 Å². The lowest BCUT2D eigenvalue weighted by molar-refractivity contribution is 0.559. The average Bonchev–Trinajstić information content (AvgIpc) is 3.11. The minimum absolute atomic E-state index is 0.334. The van der Waals surface area contributed by atoms with Crippen molar-refractivity contribution in [1.29, 1.82) is 0 Å². The van der Waals surface area contributed by atoms with Gasteiger partial charge in [-0.05, 0) is 54.8 Å². The van der Waals surface area contributed by atoms with E-state index in [9.17, 15) is 4.79 Å². The predicted molar refractivity (Wildman–Crippen MR) is 103 cm³/mol. The molecule has 0 N–H and O–H groups in total. The van der Waals surface area contributed by atoms with E-state index in [1.165, 1.54) is 17.3 Å². The van der Waals surface area contributed by atoms with Crippen LogP contribution in [0.5, 0.6) is 0 Å². The van der Waals surface area contributed by atoms with Gasteiger partial charge in [0.05, 0.1) is 5.69 Å². The molecule has 0 fully saturated rings. The molecular formula is C20H17N3O2S. The number of fused-ring (bicyclic) bond motifs is 1. The first kappa shape index (κ1) is 16.6. The SMILES string of the molecule is Cc1cc2oc(=O)cc(CSc3ncn(-c4ccccc4)n3)c2cc1C. The van der Waals surface area contributed by atoms with E-state index in [4.69, 9.17) is 4.42 Å². The molecule has 4 aromatic rings. The van der Waals surface area contributed by atoms with Crippen LogP contribution in [0.4, 0.5) is 0 Å². The van der Waals surface area contributed by atoms with Gasteiger partial charge in [-0.1, -0.05) is 30.0 Å². The summed E-state index contributed by atoms with van der Waals surface area (Å²) in [6.07, 6.45) is 1.70. The Balaban J connectivity index is 1.61. The Morgan fingerprint density at radius 1 is 1.08 bits per heavy atom. The smallest absolute Gasteiger partial charge is 0.336 e. The summed E-state index contributed by atoms with van der Waals surface area (Å²) in [6.45, 7) is 4.07. The van der Waals surface area contributed by atoms with E-state index < -0.39 is 0 Å². The second-order valence-corrected chi connectivity index (χ2v) is 7.06. The quantitative estimate of drug-likeness (QED) is 0.400. The molecular weight excluding hydrogens is 346 g/mol. The number of aromatic nitrogens is 3. The Labute approximate surface area is 154 Å². The molecule has 4 rings (SSSR count). The summed E-state index contributed by atoms with van der Waals surface area (Å²) in [5.74, 6) is 0.601. The number of hydrogen-bond acceptors (Lipinski definition) is 5. The standard InChI is InChI=1S/C20H17N3O2S/c1-13-8-17-15(10-19(24)25-18(17)9-14(13)2)11-26-20-21-12-23(22-20)16-6-4-3-5-7-16/h3-10,12H,11H2,1-2H3. The van der Waals surface area contributed by atoms with E-state index in [0.717, 1.165) is 22.2 Å². The molecule has 0 saturated carbocycles. The summed E-state index contributed by atoms with van der Waals surface area (Å²) in [6, 6.07) is 15.4. The van der Waals surface area contributed by atoms with Crippen molar-refractivity contribution < 1.29 is 4.42 Å². The molecule has 26 heavy (non-hydrogen) atoms. The van der Waals surface area contributed by atoms with Gasteiger partial charge in [-0.3, -0.25) is 0 Å². The fraction of sp³-hybridized carbons (Fsp3) is 0.150. The lowest BCUT2D eigenvalue weighted by atomic mass is 10.0. The van der Waals surface area contributed by atoms with Gasteiger partial charge in [-0.15, -0.1) is 5.10 Å². The monoisotopic (exact) mass is 363 g/mol. The average molecular weight is 363 g/mol. The van der Waals surface area contributed by atoms with E-state index >= 15 is 0 Å². The van der Waals surface area contributed by atoms with Crippen molar-refractivity contribution in [2.24, 2.45) is 0 Å². The molecule has 130 valence electrons. The maximum absolute atomic E-state index is 11.9. The van der Waals surface area contributed by atoms with Gasteiger partial charge in [0, 0.05) is 17.2 Å². The van der Waals surface area contributed by atoms with Gasteiger partial charge in [-0.25, -0.2) is 14.5 Å². The molecule has 2 heterocycles. The summed E-state index contributed by atoms with van der Waals surface area (Å²) in [4.78, 5) is 16.2. The first-order valence-electron chi connectivity index (χ1n) is 8.24. The van der Waals surface area contributed by atoms with E-state index in [1.54, 1.807) is 17.1 Å². The van der Waals surface area contributed by atoms with Crippen molar-refractivity contribution in [3.8, 4) is 5.69 Å². The van der Waals surface area contributed by atoms with Crippen LogP contribution in [0.1, 0.15) is 16.7 Å². The molecule has 5 nitrogen and oxygen atoms in total. The van der Waals surface area contributed by atoms with Crippen LogP contribution in [-0.2, 0) is 5.75 Å². The molecule has 6 heteroatoms. The summed E-state index contributed by atoms with van der Waals surface area (Å²) in [5, 5.41) is 6.12. The molecule has 0 aliphatic heterocycles. The van der Waals surface area contributed by atoms with Gasteiger partial charge in [0.2, 0.25) is 5.16 Å². The van der Waals surface area contributed by atoms with Gasteiger partial charge >= 0.3 is 5.63 Å². The third kappa shape index (κ3) is 3.28. The van der Waals surface area contributed by atoms with E-state index in [-0.39, 0.29) is 5.63 Å². The molecule has 0 bridgehead atoms. The van der Waals surface area contributed by atoms with Crippen molar-refractivity contribution in [2.75, 3.05) is 0 Å². The molecule has 0 unspecified atom stereocenters. The fourth-order valence-corrected chi connectivity index (χ4v) is 3.55. The number of benzene rings is 2. The molecule has 0 radical (unpaired) electrons. The third-order valence-corrected chi connectivity index (χ3v) is 5.19. The van der Waals surface area contributed by atoms with Crippen LogP contribution >= 0.6 is 11.8 Å². The fourth-order valence-electron chi connectivity index (χ4n) is 2.76. The number of nitrogens with zero attached hydrogens (tertiary/aromatic N) is 3. The molecule has 0 aliphatic rings. The van der Waals surface area contributed by atoms with Crippen LogP contribution in [0.3, 0.4) is 0 Å². The Kier molecular flexibility index (Phi) is 4.34. The van der Waals surface area contributed by atoms with Crippen molar-refractivity contribution >= 4 is 22.7 Å². The third-order valence-electron chi connectivity index (χ3n) is 4.29. The highest BCUT2D eigenvalue weighted by molar-refractivity contribution is 7.98. The Morgan fingerprint density at radius 3 is 2.65 bits per heavy atom.